The number of nitrogens with two attached hydrogens (primary N) is 1. The van der Waals surface area contributed by atoms with E-state index < -0.39 is 12.0 Å². The molecule has 0 fully saturated rings. The molecule has 2 amide bonds. The molecule has 0 atom stereocenters. The third-order valence-electron chi connectivity index (χ3n) is 1.85. The number of ether oxygens (including phenoxy) is 1. The van der Waals surface area contributed by atoms with Crippen LogP contribution in [0.3, 0.4) is 0 Å². The molecule has 1 aromatic rings. The molecule has 0 bridgehead atoms. The zero-order valence-electron chi connectivity index (χ0n) is 8.81. The van der Waals surface area contributed by atoms with Crippen molar-refractivity contribution < 1.29 is 14.3 Å². The Morgan fingerprint density at radius 2 is 1.94 bits per heavy atom. The molecule has 0 aliphatic heterocycles. The number of hydrogen-bond donors (Lipinski definition) is 2. The van der Waals surface area contributed by atoms with Crippen LogP contribution in [0.4, 0.5) is 4.79 Å². The molecule has 0 saturated carbocycles. The van der Waals surface area contributed by atoms with Crippen molar-refractivity contribution in [1.82, 2.24) is 5.32 Å². The van der Waals surface area contributed by atoms with E-state index in [0.717, 1.165) is 5.56 Å². The zero-order chi connectivity index (χ0) is 11.8. The van der Waals surface area contributed by atoms with Crippen molar-refractivity contribution in [2.24, 2.45) is 5.73 Å². The average molecular weight is 222 g/mol. The lowest BCUT2D eigenvalue weighted by Crippen LogP contribution is -2.28. The number of primary amides is 1. The molecule has 0 saturated heterocycles. The van der Waals surface area contributed by atoms with Crippen LogP contribution >= 0.6 is 0 Å². The van der Waals surface area contributed by atoms with Crippen molar-refractivity contribution in [2.75, 3.05) is 6.54 Å². The largest absolute Gasteiger partial charge is 0.445 e. The fourth-order valence-corrected chi connectivity index (χ4v) is 1.06. The molecule has 1 rings (SSSR count). The molecule has 0 aromatic heterocycles. The standard InChI is InChI=1S/C11H14N2O3/c12-10(14)6-7-13-11(15)16-8-9-4-2-1-3-5-9/h1-5H,6-8H2,(H2,12,14)(H,13,15). The first-order chi connectivity index (χ1) is 7.68. The summed E-state index contributed by atoms with van der Waals surface area (Å²) in [5, 5.41) is 2.42. The Bertz CT molecular complexity index is 352. The van der Waals surface area contributed by atoms with Crippen LogP contribution in [0.15, 0.2) is 30.3 Å². The summed E-state index contributed by atoms with van der Waals surface area (Å²) in [6.07, 6.45) is -0.439. The van der Waals surface area contributed by atoms with E-state index in [2.05, 4.69) is 5.32 Å². The second-order valence-corrected chi connectivity index (χ2v) is 3.20. The van der Waals surface area contributed by atoms with E-state index in [9.17, 15) is 9.59 Å². The van der Waals surface area contributed by atoms with Gasteiger partial charge in [0.05, 0.1) is 0 Å². The van der Waals surface area contributed by atoms with E-state index in [0.29, 0.717) is 0 Å². The summed E-state index contributed by atoms with van der Waals surface area (Å²) in [6, 6.07) is 9.33. The molecule has 3 N–H and O–H groups in total. The highest BCUT2D eigenvalue weighted by Crippen LogP contribution is 2.00. The third-order valence-corrected chi connectivity index (χ3v) is 1.85. The van der Waals surface area contributed by atoms with Gasteiger partial charge in [0.15, 0.2) is 0 Å². The SMILES string of the molecule is NC(=O)CCNC(=O)OCc1ccccc1. The average Bonchev–Trinajstić information content (AvgIpc) is 2.27. The van der Waals surface area contributed by atoms with E-state index in [1.807, 2.05) is 30.3 Å². The Morgan fingerprint density at radius 3 is 2.56 bits per heavy atom. The number of amides is 2. The van der Waals surface area contributed by atoms with Gasteiger partial charge in [0.1, 0.15) is 6.61 Å². The highest BCUT2D eigenvalue weighted by molar-refractivity contribution is 5.75. The van der Waals surface area contributed by atoms with Crippen molar-refractivity contribution in [3.05, 3.63) is 35.9 Å². The van der Waals surface area contributed by atoms with Gasteiger partial charge in [-0.15, -0.1) is 0 Å². The highest BCUT2D eigenvalue weighted by atomic mass is 16.5. The first kappa shape index (κ1) is 12.0. The van der Waals surface area contributed by atoms with Crippen LogP contribution in [-0.2, 0) is 16.1 Å². The maximum atomic E-state index is 11.1. The van der Waals surface area contributed by atoms with Gasteiger partial charge in [-0.05, 0) is 5.56 Å². The smallest absolute Gasteiger partial charge is 0.407 e. The van der Waals surface area contributed by atoms with Crippen LogP contribution < -0.4 is 11.1 Å². The van der Waals surface area contributed by atoms with Crippen molar-refractivity contribution in [3.63, 3.8) is 0 Å². The molecule has 0 radical (unpaired) electrons. The molecule has 0 unspecified atom stereocenters. The van der Waals surface area contributed by atoms with E-state index in [1.165, 1.54) is 0 Å². The minimum absolute atomic E-state index is 0.112. The minimum atomic E-state index is -0.551. The number of alkyl carbamates (subject to hydrolysis) is 1. The summed E-state index contributed by atoms with van der Waals surface area (Å²) in [6.45, 7) is 0.409. The highest BCUT2D eigenvalue weighted by Gasteiger charge is 2.02. The van der Waals surface area contributed by atoms with Gasteiger partial charge in [0.2, 0.25) is 5.91 Å². The number of nitrogens with one attached hydrogen (secondary N) is 1. The lowest BCUT2D eigenvalue weighted by Gasteiger charge is -2.05. The van der Waals surface area contributed by atoms with Gasteiger partial charge in [-0.1, -0.05) is 30.3 Å². The molecule has 86 valence electrons. The summed E-state index contributed by atoms with van der Waals surface area (Å²) < 4.78 is 4.91. The molecule has 1 aromatic carbocycles. The first-order valence-corrected chi connectivity index (χ1v) is 4.91. The van der Waals surface area contributed by atoms with Crippen LogP contribution in [-0.4, -0.2) is 18.5 Å². The number of rotatable bonds is 5. The fraction of sp³-hybridized carbons (Fsp3) is 0.273. The molecule has 5 nitrogen and oxygen atoms in total. The second kappa shape index (κ2) is 6.44. The summed E-state index contributed by atoms with van der Waals surface area (Å²) in [5.41, 5.74) is 5.82. The van der Waals surface area contributed by atoms with Gasteiger partial charge in [-0.2, -0.15) is 0 Å². The summed E-state index contributed by atoms with van der Waals surface area (Å²) in [7, 11) is 0. The van der Waals surface area contributed by atoms with E-state index in [1.54, 1.807) is 0 Å². The predicted molar refractivity (Wildman–Crippen MR) is 58.4 cm³/mol. The maximum absolute atomic E-state index is 11.1. The minimum Gasteiger partial charge on any atom is -0.445 e. The second-order valence-electron chi connectivity index (χ2n) is 3.20. The van der Waals surface area contributed by atoms with Crippen LogP contribution in [0.5, 0.6) is 0 Å². The summed E-state index contributed by atoms with van der Waals surface area (Å²) >= 11 is 0. The Morgan fingerprint density at radius 1 is 1.25 bits per heavy atom. The number of hydrogen-bond acceptors (Lipinski definition) is 3. The molecule has 0 aliphatic rings. The molecule has 0 aliphatic carbocycles. The monoisotopic (exact) mass is 222 g/mol. The zero-order valence-corrected chi connectivity index (χ0v) is 8.81. The van der Waals surface area contributed by atoms with Crippen molar-refractivity contribution in [3.8, 4) is 0 Å². The van der Waals surface area contributed by atoms with Crippen LogP contribution in [0.25, 0.3) is 0 Å². The maximum Gasteiger partial charge on any atom is 0.407 e. The number of carbonyl (C=O) groups is 2. The molecule has 5 heteroatoms. The fourth-order valence-electron chi connectivity index (χ4n) is 1.06. The van der Waals surface area contributed by atoms with Gasteiger partial charge in [-0.3, -0.25) is 4.79 Å². The Hall–Kier alpha value is -2.04. The van der Waals surface area contributed by atoms with Crippen LogP contribution in [0.2, 0.25) is 0 Å². The predicted octanol–water partition coefficient (Wildman–Crippen LogP) is 0.788. The molecule has 0 spiro atoms. The van der Waals surface area contributed by atoms with E-state index in [-0.39, 0.29) is 19.6 Å². The van der Waals surface area contributed by atoms with Gasteiger partial charge in [-0.25, -0.2) is 4.79 Å². The number of carbonyl (C=O) groups excluding carboxylic acids is 2. The van der Waals surface area contributed by atoms with Crippen LogP contribution in [0, 0.1) is 0 Å². The van der Waals surface area contributed by atoms with E-state index >= 15 is 0 Å². The van der Waals surface area contributed by atoms with Gasteiger partial charge >= 0.3 is 6.09 Å². The van der Waals surface area contributed by atoms with Gasteiger partial charge in [0.25, 0.3) is 0 Å². The lowest BCUT2D eigenvalue weighted by molar-refractivity contribution is -0.117. The van der Waals surface area contributed by atoms with Crippen molar-refractivity contribution in [1.29, 1.82) is 0 Å². The van der Waals surface area contributed by atoms with Crippen molar-refractivity contribution >= 4 is 12.0 Å². The Labute approximate surface area is 93.6 Å². The molecular weight excluding hydrogens is 208 g/mol. The van der Waals surface area contributed by atoms with Gasteiger partial charge in [0, 0.05) is 13.0 Å². The van der Waals surface area contributed by atoms with Crippen LogP contribution in [0.1, 0.15) is 12.0 Å². The normalized spacial score (nSPS) is 9.50. The molecular formula is C11H14N2O3. The topological polar surface area (TPSA) is 81.4 Å². The third kappa shape index (κ3) is 4.99. The summed E-state index contributed by atoms with van der Waals surface area (Å²) in [4.78, 5) is 21.5. The number of benzene rings is 1. The van der Waals surface area contributed by atoms with Crippen molar-refractivity contribution in [2.45, 2.75) is 13.0 Å². The lowest BCUT2D eigenvalue weighted by atomic mass is 10.2. The van der Waals surface area contributed by atoms with E-state index in [4.69, 9.17) is 10.5 Å². The Kier molecular flexibility index (Phi) is 4.85. The Balaban J connectivity index is 2.18. The molecule has 16 heavy (non-hydrogen) atoms. The quantitative estimate of drug-likeness (QED) is 0.772. The molecule has 0 heterocycles. The summed E-state index contributed by atoms with van der Waals surface area (Å²) in [5.74, 6) is -0.455. The van der Waals surface area contributed by atoms with Gasteiger partial charge < -0.3 is 15.8 Å². The first-order valence-electron chi connectivity index (χ1n) is 4.91.